The first-order valence-corrected chi connectivity index (χ1v) is 9.16. The summed E-state index contributed by atoms with van der Waals surface area (Å²) < 4.78 is 0. The zero-order valence-electron chi connectivity index (χ0n) is 14.4. The molecular weight excluding hydrogens is 409 g/mol. The van der Waals surface area contributed by atoms with Gasteiger partial charge in [0.15, 0.2) is 0 Å². The summed E-state index contributed by atoms with van der Waals surface area (Å²) >= 11 is 11.8. The van der Waals surface area contributed by atoms with Crippen molar-refractivity contribution < 1.29 is 9.59 Å². The van der Waals surface area contributed by atoms with E-state index in [4.69, 9.17) is 23.2 Å². The van der Waals surface area contributed by atoms with E-state index in [9.17, 15) is 9.59 Å². The number of carbonyl (C=O) groups excluding carboxylic acids is 2. The number of amides is 2. The first-order valence-electron chi connectivity index (χ1n) is 8.40. The van der Waals surface area contributed by atoms with Crippen molar-refractivity contribution in [3.8, 4) is 0 Å². The SMILES string of the molecule is Cl.O=C(Nc1ccc(C(=O)NC2CCNCC2)cc1)c1cc(Cl)cc(Cl)c1. The second-order valence-corrected chi connectivity index (χ2v) is 7.06. The number of nitrogens with one attached hydrogen (secondary N) is 3. The Morgan fingerprint density at radius 1 is 0.889 bits per heavy atom. The van der Waals surface area contributed by atoms with Crippen molar-refractivity contribution >= 4 is 53.1 Å². The van der Waals surface area contributed by atoms with Crippen LogP contribution in [0, 0.1) is 0 Å². The lowest BCUT2D eigenvalue weighted by molar-refractivity contribution is 0.0929. The van der Waals surface area contributed by atoms with E-state index in [-0.39, 0.29) is 30.3 Å². The number of rotatable bonds is 4. The Hall–Kier alpha value is -1.79. The summed E-state index contributed by atoms with van der Waals surface area (Å²) in [6, 6.07) is 11.6. The highest BCUT2D eigenvalue weighted by molar-refractivity contribution is 6.35. The molecule has 1 aliphatic heterocycles. The van der Waals surface area contributed by atoms with E-state index >= 15 is 0 Å². The summed E-state index contributed by atoms with van der Waals surface area (Å²) in [5.41, 5.74) is 1.52. The summed E-state index contributed by atoms with van der Waals surface area (Å²) in [5, 5.41) is 9.86. The molecule has 0 aliphatic carbocycles. The Balaban J connectivity index is 0.00000261. The van der Waals surface area contributed by atoms with Gasteiger partial charge < -0.3 is 16.0 Å². The number of piperidine rings is 1. The van der Waals surface area contributed by atoms with Crippen LogP contribution in [0.3, 0.4) is 0 Å². The van der Waals surface area contributed by atoms with Crippen LogP contribution in [0.4, 0.5) is 5.69 Å². The fraction of sp³-hybridized carbons (Fsp3) is 0.263. The highest BCUT2D eigenvalue weighted by Crippen LogP contribution is 2.20. The molecule has 0 aromatic heterocycles. The van der Waals surface area contributed by atoms with Crippen LogP contribution < -0.4 is 16.0 Å². The fourth-order valence-corrected chi connectivity index (χ4v) is 3.35. The highest BCUT2D eigenvalue weighted by atomic mass is 35.5. The molecule has 0 radical (unpaired) electrons. The van der Waals surface area contributed by atoms with Crippen molar-refractivity contribution in [1.82, 2.24) is 10.6 Å². The largest absolute Gasteiger partial charge is 0.349 e. The molecule has 0 atom stereocenters. The molecule has 1 saturated heterocycles. The van der Waals surface area contributed by atoms with Crippen molar-refractivity contribution in [2.24, 2.45) is 0 Å². The maximum atomic E-state index is 12.3. The van der Waals surface area contributed by atoms with Crippen molar-refractivity contribution in [2.75, 3.05) is 18.4 Å². The van der Waals surface area contributed by atoms with Gasteiger partial charge in [0, 0.05) is 32.9 Å². The molecule has 3 rings (SSSR count). The molecule has 2 aromatic rings. The Morgan fingerprint density at radius 3 is 2.07 bits per heavy atom. The number of anilines is 1. The van der Waals surface area contributed by atoms with Crippen LogP contribution in [0.1, 0.15) is 33.6 Å². The number of halogens is 3. The molecule has 2 amide bonds. The number of carbonyl (C=O) groups is 2. The van der Waals surface area contributed by atoms with Crippen LogP contribution in [-0.4, -0.2) is 30.9 Å². The van der Waals surface area contributed by atoms with Gasteiger partial charge in [-0.2, -0.15) is 0 Å². The summed E-state index contributed by atoms with van der Waals surface area (Å²) in [5.74, 6) is -0.419. The van der Waals surface area contributed by atoms with Crippen molar-refractivity contribution in [3.05, 3.63) is 63.6 Å². The van der Waals surface area contributed by atoms with Crippen molar-refractivity contribution in [2.45, 2.75) is 18.9 Å². The Labute approximate surface area is 174 Å². The van der Waals surface area contributed by atoms with Crippen molar-refractivity contribution in [3.63, 3.8) is 0 Å². The average Bonchev–Trinajstić information content (AvgIpc) is 2.62. The maximum Gasteiger partial charge on any atom is 0.255 e. The molecule has 144 valence electrons. The van der Waals surface area contributed by atoms with Gasteiger partial charge in [0.2, 0.25) is 0 Å². The minimum absolute atomic E-state index is 0. The molecule has 8 heteroatoms. The van der Waals surface area contributed by atoms with E-state index in [1.807, 2.05) is 0 Å². The van der Waals surface area contributed by atoms with Crippen LogP contribution in [0.15, 0.2) is 42.5 Å². The lowest BCUT2D eigenvalue weighted by atomic mass is 10.1. The van der Waals surface area contributed by atoms with Gasteiger partial charge in [-0.25, -0.2) is 0 Å². The summed E-state index contributed by atoms with van der Waals surface area (Å²) in [4.78, 5) is 24.6. The van der Waals surface area contributed by atoms with E-state index in [0.717, 1.165) is 25.9 Å². The zero-order valence-corrected chi connectivity index (χ0v) is 16.8. The third-order valence-corrected chi connectivity index (χ3v) is 4.64. The van der Waals surface area contributed by atoms with Gasteiger partial charge in [0.05, 0.1) is 0 Å². The van der Waals surface area contributed by atoms with Gasteiger partial charge in [-0.15, -0.1) is 12.4 Å². The first-order chi connectivity index (χ1) is 12.5. The topological polar surface area (TPSA) is 70.2 Å². The summed E-state index contributed by atoms with van der Waals surface area (Å²) in [6.07, 6.45) is 1.87. The average molecular weight is 429 g/mol. The quantitative estimate of drug-likeness (QED) is 0.685. The highest BCUT2D eigenvalue weighted by Gasteiger charge is 2.16. The van der Waals surface area contributed by atoms with Gasteiger partial charge in [0.25, 0.3) is 11.8 Å². The zero-order chi connectivity index (χ0) is 18.5. The molecule has 27 heavy (non-hydrogen) atoms. The third-order valence-electron chi connectivity index (χ3n) is 4.20. The predicted octanol–water partition coefficient (Wildman–Crippen LogP) is 4.15. The number of hydrogen-bond donors (Lipinski definition) is 3. The van der Waals surface area contributed by atoms with E-state index in [2.05, 4.69) is 16.0 Å². The Bertz CT molecular complexity index is 786. The molecule has 2 aromatic carbocycles. The van der Waals surface area contributed by atoms with Gasteiger partial charge in [-0.1, -0.05) is 23.2 Å². The number of hydrogen-bond acceptors (Lipinski definition) is 3. The second-order valence-electron chi connectivity index (χ2n) is 6.19. The van der Waals surface area contributed by atoms with Gasteiger partial charge in [-0.05, 0) is 68.4 Å². The smallest absolute Gasteiger partial charge is 0.255 e. The molecule has 5 nitrogen and oxygen atoms in total. The van der Waals surface area contributed by atoms with Crippen LogP contribution in [0.25, 0.3) is 0 Å². The molecule has 1 fully saturated rings. The lowest BCUT2D eigenvalue weighted by Crippen LogP contribution is -2.42. The molecule has 1 aliphatic rings. The third kappa shape index (κ3) is 6.11. The predicted molar refractivity (Wildman–Crippen MR) is 111 cm³/mol. The molecule has 0 bridgehead atoms. The maximum absolute atomic E-state index is 12.3. The molecule has 0 saturated carbocycles. The summed E-state index contributed by atoms with van der Waals surface area (Å²) in [6.45, 7) is 1.84. The van der Waals surface area contributed by atoms with Gasteiger partial charge in [-0.3, -0.25) is 9.59 Å². The molecule has 1 heterocycles. The lowest BCUT2D eigenvalue weighted by Gasteiger charge is -2.23. The first kappa shape index (κ1) is 21.5. The van der Waals surface area contributed by atoms with Crippen LogP contribution in [0.5, 0.6) is 0 Å². The second kappa shape index (κ2) is 9.95. The van der Waals surface area contributed by atoms with Gasteiger partial charge >= 0.3 is 0 Å². The minimum Gasteiger partial charge on any atom is -0.349 e. The van der Waals surface area contributed by atoms with Crippen LogP contribution in [0.2, 0.25) is 10.0 Å². The Morgan fingerprint density at radius 2 is 1.48 bits per heavy atom. The van der Waals surface area contributed by atoms with E-state index in [0.29, 0.717) is 26.9 Å². The molecule has 3 N–H and O–H groups in total. The normalized spacial score (nSPS) is 14.1. The van der Waals surface area contributed by atoms with Crippen LogP contribution in [-0.2, 0) is 0 Å². The fourth-order valence-electron chi connectivity index (χ4n) is 2.83. The monoisotopic (exact) mass is 427 g/mol. The van der Waals surface area contributed by atoms with Gasteiger partial charge in [0.1, 0.15) is 0 Å². The molecule has 0 spiro atoms. The van der Waals surface area contributed by atoms with E-state index in [1.54, 1.807) is 42.5 Å². The number of benzene rings is 2. The minimum atomic E-state index is -0.318. The Kier molecular flexibility index (Phi) is 7.92. The standard InChI is InChI=1S/C19H19Cl2N3O2.ClH/c20-14-9-13(10-15(21)11-14)19(26)23-16-3-1-12(2-4-16)18(25)24-17-5-7-22-8-6-17;/h1-4,9-11,17,22H,5-8H2,(H,23,26)(H,24,25);1H. The molecule has 0 unspecified atom stereocenters. The van der Waals surface area contributed by atoms with E-state index in [1.165, 1.54) is 0 Å². The van der Waals surface area contributed by atoms with E-state index < -0.39 is 0 Å². The molecular formula is C19H20Cl3N3O2. The van der Waals surface area contributed by atoms with Crippen molar-refractivity contribution in [1.29, 1.82) is 0 Å². The summed E-state index contributed by atoms with van der Waals surface area (Å²) in [7, 11) is 0. The van der Waals surface area contributed by atoms with Crippen LogP contribution >= 0.6 is 35.6 Å².